The lowest BCUT2D eigenvalue weighted by atomic mass is 10.1. The molecule has 0 radical (unpaired) electrons. The first-order chi connectivity index (χ1) is 17.3. The zero-order chi connectivity index (χ0) is 25.4. The van der Waals surface area contributed by atoms with Gasteiger partial charge in [0.2, 0.25) is 11.3 Å². The molecule has 0 bridgehead atoms. The Hall–Kier alpha value is -4.31. The van der Waals surface area contributed by atoms with Gasteiger partial charge in [-0.25, -0.2) is 9.67 Å². The zero-order valence-electron chi connectivity index (χ0n) is 20.3. The Labute approximate surface area is 207 Å². The standard InChI is InChI=1S/C26H27N7O3/c1-4-32-14-19(23(35)18-11-10-15(2)27-24(18)32)25(36)29-21-13-20(17-8-6-5-7-9-17)31-33(21)26-28-16(3)12-22(34)30-26/h5-11,13-14,16,26,28H,4,12H2,1-3H3,(H,29,36)(H,30,34). The van der Waals surface area contributed by atoms with Crippen molar-refractivity contribution >= 4 is 28.7 Å². The van der Waals surface area contributed by atoms with Gasteiger partial charge in [0.1, 0.15) is 17.0 Å². The molecule has 2 amide bonds. The van der Waals surface area contributed by atoms with Crippen LogP contribution in [-0.2, 0) is 11.3 Å². The van der Waals surface area contributed by atoms with Gasteiger partial charge in [-0.15, -0.1) is 0 Å². The summed E-state index contributed by atoms with van der Waals surface area (Å²) >= 11 is 0. The second kappa shape index (κ2) is 9.38. The van der Waals surface area contributed by atoms with Gasteiger partial charge >= 0.3 is 0 Å². The van der Waals surface area contributed by atoms with Gasteiger partial charge in [0, 0.05) is 42.5 Å². The fraction of sp³-hybridized carbons (Fsp3) is 0.269. The molecule has 1 saturated heterocycles. The number of fused-ring (bicyclic) bond motifs is 1. The van der Waals surface area contributed by atoms with Crippen molar-refractivity contribution in [2.75, 3.05) is 5.32 Å². The predicted molar refractivity (Wildman–Crippen MR) is 136 cm³/mol. The molecule has 10 heteroatoms. The summed E-state index contributed by atoms with van der Waals surface area (Å²) in [6, 6.07) is 14.6. The van der Waals surface area contributed by atoms with Crippen molar-refractivity contribution in [1.29, 1.82) is 0 Å². The van der Waals surface area contributed by atoms with Crippen LogP contribution in [0.2, 0.25) is 0 Å². The van der Waals surface area contributed by atoms with Gasteiger partial charge in [0.15, 0.2) is 6.29 Å². The normalized spacial score (nSPS) is 17.7. The number of carbonyl (C=O) groups excluding carboxylic acids is 2. The number of nitrogens with zero attached hydrogens (tertiary/aromatic N) is 4. The van der Waals surface area contributed by atoms with E-state index in [1.54, 1.807) is 22.8 Å². The highest BCUT2D eigenvalue weighted by molar-refractivity contribution is 6.05. The molecule has 1 fully saturated rings. The van der Waals surface area contributed by atoms with Gasteiger partial charge in [-0.05, 0) is 32.9 Å². The van der Waals surface area contributed by atoms with E-state index in [0.717, 1.165) is 11.3 Å². The predicted octanol–water partition coefficient (Wildman–Crippen LogP) is 2.79. The lowest BCUT2D eigenvalue weighted by Crippen LogP contribution is -2.52. The summed E-state index contributed by atoms with van der Waals surface area (Å²) < 4.78 is 3.31. The smallest absolute Gasteiger partial charge is 0.262 e. The van der Waals surface area contributed by atoms with Crippen LogP contribution in [0.5, 0.6) is 0 Å². The van der Waals surface area contributed by atoms with Crippen molar-refractivity contribution in [3.8, 4) is 11.3 Å². The Morgan fingerprint density at radius 3 is 2.67 bits per heavy atom. The van der Waals surface area contributed by atoms with Crippen LogP contribution in [0, 0.1) is 6.92 Å². The number of carbonyl (C=O) groups is 2. The van der Waals surface area contributed by atoms with Crippen molar-refractivity contribution in [1.82, 2.24) is 30.0 Å². The Kier molecular flexibility index (Phi) is 6.11. The Balaban J connectivity index is 1.56. The van der Waals surface area contributed by atoms with Gasteiger partial charge in [0.05, 0.1) is 11.1 Å². The SMILES string of the molecule is CCn1cc(C(=O)Nc2cc(-c3ccccc3)nn2C2NC(=O)CC(C)N2)c(=O)c2ccc(C)nc21. The van der Waals surface area contributed by atoms with Crippen LogP contribution in [-0.4, -0.2) is 37.2 Å². The van der Waals surface area contributed by atoms with E-state index < -0.39 is 17.6 Å². The highest BCUT2D eigenvalue weighted by Crippen LogP contribution is 2.25. The minimum absolute atomic E-state index is 0.00183. The summed E-state index contributed by atoms with van der Waals surface area (Å²) in [6.45, 7) is 6.23. The average molecular weight is 486 g/mol. The number of hydrogen-bond acceptors (Lipinski definition) is 6. The van der Waals surface area contributed by atoms with Gasteiger partial charge < -0.3 is 15.2 Å². The molecule has 1 aliphatic rings. The van der Waals surface area contributed by atoms with Gasteiger partial charge in [-0.1, -0.05) is 30.3 Å². The van der Waals surface area contributed by atoms with Crippen LogP contribution in [0.1, 0.15) is 42.6 Å². The Morgan fingerprint density at radius 1 is 1.17 bits per heavy atom. The molecule has 3 aromatic heterocycles. The quantitative estimate of drug-likeness (QED) is 0.400. The molecule has 4 aromatic rings. The first-order valence-electron chi connectivity index (χ1n) is 11.9. The number of nitrogens with one attached hydrogen (secondary N) is 3. The Bertz CT molecular complexity index is 1520. The lowest BCUT2D eigenvalue weighted by molar-refractivity contribution is -0.125. The van der Waals surface area contributed by atoms with E-state index in [-0.39, 0.29) is 17.5 Å². The van der Waals surface area contributed by atoms with E-state index in [4.69, 9.17) is 0 Å². The highest BCUT2D eigenvalue weighted by Gasteiger charge is 2.28. The third-order valence-corrected chi connectivity index (χ3v) is 6.17. The third-order valence-electron chi connectivity index (χ3n) is 6.17. The molecule has 0 aliphatic carbocycles. The average Bonchev–Trinajstić information content (AvgIpc) is 3.28. The minimum atomic E-state index is -0.662. The number of anilines is 1. The van der Waals surface area contributed by atoms with Crippen LogP contribution in [0.15, 0.2) is 59.5 Å². The van der Waals surface area contributed by atoms with E-state index in [1.807, 2.05) is 51.1 Å². The molecular formula is C26H27N7O3. The van der Waals surface area contributed by atoms with Crippen molar-refractivity contribution in [3.05, 3.63) is 76.2 Å². The summed E-state index contributed by atoms with van der Waals surface area (Å²) in [5, 5.41) is 14.0. The molecule has 5 rings (SSSR count). The second-order valence-electron chi connectivity index (χ2n) is 8.90. The van der Waals surface area contributed by atoms with E-state index in [0.29, 0.717) is 35.5 Å². The van der Waals surface area contributed by atoms with E-state index in [1.165, 1.54) is 10.9 Å². The fourth-order valence-corrected chi connectivity index (χ4v) is 4.37. The molecule has 2 unspecified atom stereocenters. The molecule has 184 valence electrons. The van der Waals surface area contributed by atoms with E-state index >= 15 is 0 Å². The van der Waals surface area contributed by atoms with Crippen LogP contribution < -0.4 is 21.4 Å². The number of aryl methyl sites for hydroxylation is 2. The summed E-state index contributed by atoms with van der Waals surface area (Å²) in [4.78, 5) is 43.4. The number of pyridine rings is 2. The minimum Gasteiger partial charge on any atom is -0.332 e. The van der Waals surface area contributed by atoms with Crippen LogP contribution >= 0.6 is 0 Å². The molecule has 0 spiro atoms. The van der Waals surface area contributed by atoms with Crippen molar-refractivity contribution in [2.45, 2.75) is 46.1 Å². The topological polar surface area (TPSA) is 123 Å². The van der Waals surface area contributed by atoms with Crippen molar-refractivity contribution < 1.29 is 9.59 Å². The first kappa shape index (κ1) is 23.4. The third kappa shape index (κ3) is 4.38. The number of amides is 2. The number of rotatable bonds is 5. The number of hydrogen-bond donors (Lipinski definition) is 3. The maximum atomic E-state index is 13.4. The molecule has 2 atom stereocenters. The fourth-order valence-electron chi connectivity index (χ4n) is 4.37. The van der Waals surface area contributed by atoms with Crippen molar-refractivity contribution in [2.24, 2.45) is 0 Å². The van der Waals surface area contributed by atoms with Gasteiger partial charge in [0.25, 0.3) is 5.91 Å². The number of aromatic nitrogens is 4. The maximum Gasteiger partial charge on any atom is 0.262 e. The second-order valence-corrected chi connectivity index (χ2v) is 8.90. The van der Waals surface area contributed by atoms with E-state index in [2.05, 4.69) is 26.0 Å². The Morgan fingerprint density at radius 2 is 1.94 bits per heavy atom. The van der Waals surface area contributed by atoms with Gasteiger partial charge in [-0.2, -0.15) is 5.10 Å². The molecule has 1 aliphatic heterocycles. The maximum absolute atomic E-state index is 13.4. The molecule has 10 nitrogen and oxygen atoms in total. The monoisotopic (exact) mass is 485 g/mol. The van der Waals surface area contributed by atoms with Crippen LogP contribution in [0.25, 0.3) is 22.3 Å². The molecule has 1 aromatic carbocycles. The molecule has 36 heavy (non-hydrogen) atoms. The van der Waals surface area contributed by atoms with Crippen LogP contribution in [0.4, 0.5) is 5.82 Å². The summed E-state index contributed by atoms with van der Waals surface area (Å²) in [5.41, 5.74) is 2.39. The van der Waals surface area contributed by atoms with Gasteiger partial charge in [-0.3, -0.25) is 19.7 Å². The van der Waals surface area contributed by atoms with Crippen LogP contribution in [0.3, 0.4) is 0 Å². The summed E-state index contributed by atoms with van der Waals surface area (Å²) in [6.07, 6.45) is 1.21. The molecule has 3 N–H and O–H groups in total. The largest absolute Gasteiger partial charge is 0.332 e. The summed E-state index contributed by atoms with van der Waals surface area (Å²) in [5.74, 6) is -0.348. The van der Waals surface area contributed by atoms with E-state index in [9.17, 15) is 14.4 Å². The molecule has 0 saturated carbocycles. The molecular weight excluding hydrogens is 458 g/mol. The lowest BCUT2D eigenvalue weighted by Gasteiger charge is -2.30. The number of benzene rings is 1. The first-order valence-corrected chi connectivity index (χ1v) is 11.9. The van der Waals surface area contributed by atoms with Crippen molar-refractivity contribution in [3.63, 3.8) is 0 Å². The zero-order valence-corrected chi connectivity index (χ0v) is 20.3. The molecule has 4 heterocycles. The summed E-state index contributed by atoms with van der Waals surface area (Å²) in [7, 11) is 0. The highest BCUT2D eigenvalue weighted by atomic mass is 16.2.